The number of quaternary nitrogens is 1. The monoisotopic (exact) mass is 704 g/mol. The van der Waals surface area contributed by atoms with Gasteiger partial charge >= 0.3 is 11.9 Å². The molecule has 2 atom stereocenters. The lowest BCUT2D eigenvalue weighted by Crippen LogP contribution is -2.55. The summed E-state index contributed by atoms with van der Waals surface area (Å²) in [6, 6.07) is -0.733. The van der Waals surface area contributed by atoms with Crippen molar-refractivity contribution >= 4 is 17.9 Å². The number of carboxylic acids is 1. The van der Waals surface area contributed by atoms with Gasteiger partial charge in [0.25, 0.3) is 0 Å². The third-order valence-electron chi connectivity index (χ3n) is 8.45. The first-order valence-corrected chi connectivity index (χ1v) is 19.7. The maximum Gasteiger partial charge on any atom is 0.306 e. The van der Waals surface area contributed by atoms with Gasteiger partial charge in [-0.25, -0.2) is 0 Å². The predicted octanol–water partition coefficient (Wildman–Crippen LogP) is 8.74. The van der Waals surface area contributed by atoms with Crippen LogP contribution in [0.2, 0.25) is 0 Å². The Morgan fingerprint density at radius 1 is 0.620 bits per heavy atom. The van der Waals surface area contributed by atoms with Crippen molar-refractivity contribution in [2.24, 2.45) is 0 Å². The Balaban J connectivity index is 4.47. The third kappa shape index (κ3) is 31.3. The van der Waals surface area contributed by atoms with Gasteiger partial charge in [0.1, 0.15) is 12.6 Å². The maximum atomic E-state index is 12.6. The molecule has 8 nitrogen and oxygen atoms in total. The number of carboxylic acid groups (broad SMARTS) is 1. The Morgan fingerprint density at radius 3 is 1.74 bits per heavy atom. The first-order valence-electron chi connectivity index (χ1n) is 19.7. The molecule has 2 unspecified atom stereocenters. The molecule has 0 saturated heterocycles. The van der Waals surface area contributed by atoms with Crippen LogP contribution in [-0.4, -0.2) is 75.5 Å². The smallest absolute Gasteiger partial charge is 0.306 e. The number of hydrogen-bond donors (Lipinski definition) is 0. The fourth-order valence-electron chi connectivity index (χ4n) is 5.38. The number of nitrogens with zero attached hydrogens (tertiary/aromatic N) is 1. The Bertz CT molecular complexity index is 964. The standard InChI is InChI=1S/C42H73NO7/c1-6-8-10-12-14-16-18-19-20-21-23-25-27-29-31-33-41(45)50-38(36-48-35-34-39(42(46)47)43(3,4)5)37-49-40(44)32-30-28-26-24-22-17-15-13-11-9-7-2/h9,11,15-18,24,26,38-39H,6-8,10,12-14,19-23,25,27-37H2,1-5H3/b11-9+,17-15+,18-16+,26-24+. The van der Waals surface area contributed by atoms with Crippen molar-refractivity contribution in [3.63, 3.8) is 0 Å². The van der Waals surface area contributed by atoms with E-state index >= 15 is 0 Å². The van der Waals surface area contributed by atoms with Gasteiger partial charge < -0.3 is 28.6 Å². The summed E-state index contributed by atoms with van der Waals surface area (Å²) in [6.07, 6.45) is 37.2. The number of hydrogen-bond acceptors (Lipinski definition) is 7. The lowest BCUT2D eigenvalue weighted by atomic mass is 10.1. The fourth-order valence-corrected chi connectivity index (χ4v) is 5.38. The van der Waals surface area contributed by atoms with Crippen molar-refractivity contribution in [2.45, 2.75) is 161 Å². The number of esters is 2. The van der Waals surface area contributed by atoms with Gasteiger partial charge in [0.05, 0.1) is 40.3 Å². The zero-order valence-electron chi connectivity index (χ0n) is 32.5. The molecule has 0 aliphatic rings. The maximum absolute atomic E-state index is 12.6. The molecule has 0 aromatic carbocycles. The van der Waals surface area contributed by atoms with E-state index in [2.05, 4.69) is 62.5 Å². The molecule has 0 saturated carbocycles. The number of unbranched alkanes of at least 4 members (excludes halogenated alkanes) is 12. The van der Waals surface area contributed by atoms with E-state index in [1.165, 1.54) is 64.2 Å². The molecular formula is C42H73NO7. The fraction of sp³-hybridized carbons (Fsp3) is 0.738. The van der Waals surface area contributed by atoms with Crippen LogP contribution < -0.4 is 5.11 Å². The minimum absolute atomic E-state index is 0.0223. The SMILES string of the molecule is CC/C=C/C/C=C/C/C=C/CCCC(=O)OCC(COCCC(C(=O)[O-])[N+](C)(C)C)OC(=O)CCCCCCCCC/C=C/CCCCCC. The summed E-state index contributed by atoms with van der Waals surface area (Å²) < 4.78 is 17.0. The Morgan fingerprint density at radius 2 is 1.14 bits per heavy atom. The van der Waals surface area contributed by atoms with Gasteiger partial charge in [-0.2, -0.15) is 0 Å². The molecule has 0 fully saturated rings. The van der Waals surface area contributed by atoms with E-state index in [0.717, 1.165) is 44.9 Å². The normalized spacial score (nSPS) is 13.5. The second-order valence-electron chi connectivity index (χ2n) is 14.1. The van der Waals surface area contributed by atoms with E-state index in [1.54, 1.807) is 21.1 Å². The van der Waals surface area contributed by atoms with Gasteiger partial charge in [-0.1, -0.05) is 114 Å². The molecule has 288 valence electrons. The molecule has 0 aliphatic heterocycles. The number of likely N-dealkylation sites (N-methyl/N-ethyl adjacent to an activating group) is 1. The summed E-state index contributed by atoms with van der Waals surface area (Å²) >= 11 is 0. The molecule has 50 heavy (non-hydrogen) atoms. The highest BCUT2D eigenvalue weighted by molar-refractivity contribution is 5.70. The summed E-state index contributed by atoms with van der Waals surface area (Å²) in [6.45, 7) is 4.45. The van der Waals surface area contributed by atoms with Gasteiger partial charge in [0.2, 0.25) is 0 Å². The summed E-state index contributed by atoms with van der Waals surface area (Å²) in [5.41, 5.74) is 0. The average molecular weight is 704 g/mol. The van der Waals surface area contributed by atoms with Crippen LogP contribution in [0.1, 0.15) is 149 Å². The third-order valence-corrected chi connectivity index (χ3v) is 8.45. The molecule has 0 aromatic heterocycles. The van der Waals surface area contributed by atoms with Gasteiger partial charge in [-0.15, -0.1) is 0 Å². The quantitative estimate of drug-likeness (QED) is 0.0286. The van der Waals surface area contributed by atoms with E-state index in [-0.39, 0.29) is 49.1 Å². The van der Waals surface area contributed by atoms with Crippen LogP contribution in [0, 0.1) is 0 Å². The van der Waals surface area contributed by atoms with Crippen molar-refractivity contribution in [3.05, 3.63) is 48.6 Å². The molecule has 0 amide bonds. The minimum Gasteiger partial charge on any atom is -0.544 e. The molecule has 0 spiro atoms. The molecule has 8 heteroatoms. The number of aliphatic carboxylic acids is 1. The number of ether oxygens (including phenoxy) is 3. The largest absolute Gasteiger partial charge is 0.544 e. The second kappa shape index (κ2) is 33.4. The summed E-state index contributed by atoms with van der Waals surface area (Å²) in [5.74, 6) is -1.82. The van der Waals surface area contributed by atoms with Gasteiger partial charge in [-0.3, -0.25) is 9.59 Å². The molecule has 0 N–H and O–H groups in total. The zero-order valence-corrected chi connectivity index (χ0v) is 32.5. The number of allylic oxidation sites excluding steroid dienone is 8. The van der Waals surface area contributed by atoms with Gasteiger partial charge in [-0.05, 0) is 64.2 Å². The van der Waals surface area contributed by atoms with Crippen LogP contribution in [0.3, 0.4) is 0 Å². The first kappa shape index (κ1) is 47.3. The zero-order chi connectivity index (χ0) is 37.1. The number of rotatable bonds is 34. The molecule has 0 radical (unpaired) electrons. The van der Waals surface area contributed by atoms with Gasteiger partial charge in [0, 0.05) is 19.3 Å². The molecule has 0 bridgehead atoms. The highest BCUT2D eigenvalue weighted by Crippen LogP contribution is 2.13. The number of carbonyl (C=O) groups excluding carboxylic acids is 3. The Labute approximate surface area is 306 Å². The van der Waals surface area contributed by atoms with Crippen LogP contribution in [0.25, 0.3) is 0 Å². The topological polar surface area (TPSA) is 102 Å². The second-order valence-corrected chi connectivity index (χ2v) is 14.1. The van der Waals surface area contributed by atoms with E-state index < -0.39 is 18.1 Å². The van der Waals surface area contributed by atoms with Gasteiger partial charge in [0.15, 0.2) is 6.10 Å². The summed E-state index contributed by atoms with van der Waals surface area (Å²) in [5, 5.41) is 11.6. The highest BCUT2D eigenvalue weighted by atomic mass is 16.6. The van der Waals surface area contributed by atoms with E-state index in [4.69, 9.17) is 14.2 Å². The summed E-state index contributed by atoms with van der Waals surface area (Å²) in [4.78, 5) is 36.6. The average Bonchev–Trinajstić information content (AvgIpc) is 3.06. The predicted molar refractivity (Wildman–Crippen MR) is 203 cm³/mol. The first-order chi connectivity index (χ1) is 24.1. The molecule has 0 aliphatic carbocycles. The van der Waals surface area contributed by atoms with Crippen LogP contribution in [0.5, 0.6) is 0 Å². The van der Waals surface area contributed by atoms with E-state index in [1.807, 2.05) is 0 Å². The van der Waals surface area contributed by atoms with Crippen LogP contribution in [-0.2, 0) is 28.6 Å². The highest BCUT2D eigenvalue weighted by Gasteiger charge is 2.25. The lowest BCUT2D eigenvalue weighted by molar-refractivity contribution is -0.889. The summed E-state index contributed by atoms with van der Waals surface area (Å²) in [7, 11) is 5.38. The van der Waals surface area contributed by atoms with Crippen LogP contribution >= 0.6 is 0 Å². The van der Waals surface area contributed by atoms with E-state index in [0.29, 0.717) is 12.8 Å². The van der Waals surface area contributed by atoms with Crippen LogP contribution in [0.15, 0.2) is 48.6 Å². The minimum atomic E-state index is -1.13. The molecule has 0 heterocycles. The van der Waals surface area contributed by atoms with Crippen molar-refractivity contribution in [2.75, 3.05) is 41.0 Å². The Hall–Kier alpha value is -2.71. The molecule has 0 rings (SSSR count). The lowest BCUT2D eigenvalue weighted by Gasteiger charge is -2.34. The van der Waals surface area contributed by atoms with Crippen LogP contribution in [0.4, 0.5) is 0 Å². The van der Waals surface area contributed by atoms with Crippen molar-refractivity contribution in [3.8, 4) is 0 Å². The van der Waals surface area contributed by atoms with Crippen molar-refractivity contribution < 1.29 is 38.2 Å². The Kier molecular flexibility index (Phi) is 31.6. The van der Waals surface area contributed by atoms with Crippen molar-refractivity contribution in [1.82, 2.24) is 0 Å². The molecular weight excluding hydrogens is 630 g/mol. The molecule has 0 aromatic rings. The van der Waals surface area contributed by atoms with E-state index in [9.17, 15) is 19.5 Å². The van der Waals surface area contributed by atoms with Crippen molar-refractivity contribution in [1.29, 1.82) is 0 Å². The number of carbonyl (C=O) groups is 3.